The fraction of sp³-hybridized carbons (Fsp3) is 0.300. The molecule has 0 bridgehead atoms. The number of carbonyl (C=O) groups is 1. The fourth-order valence-electron chi connectivity index (χ4n) is 4.67. The van der Waals surface area contributed by atoms with E-state index < -0.39 is 36.1 Å². The molecule has 45 heavy (non-hydrogen) atoms. The lowest BCUT2D eigenvalue weighted by atomic mass is 9.96. The zero-order chi connectivity index (χ0) is 32.4. The number of rotatable bonds is 11. The molecule has 0 radical (unpaired) electrons. The van der Waals surface area contributed by atoms with E-state index >= 15 is 0 Å². The zero-order valence-corrected chi connectivity index (χ0v) is 25.5. The average molecular weight is 648 g/mol. The second-order valence-electron chi connectivity index (χ2n) is 9.55. The first kappa shape index (κ1) is 32.0. The molecule has 0 spiro atoms. The van der Waals surface area contributed by atoms with E-state index in [-0.39, 0.29) is 9.83 Å². The third-order valence-corrected chi connectivity index (χ3v) is 7.91. The van der Waals surface area contributed by atoms with Gasteiger partial charge in [-0.15, -0.1) is 0 Å². The Morgan fingerprint density at radius 3 is 2.36 bits per heavy atom. The summed E-state index contributed by atoms with van der Waals surface area (Å²) in [4.78, 5) is 17.0. The summed E-state index contributed by atoms with van der Waals surface area (Å²) < 4.78 is 78.5. The van der Waals surface area contributed by atoms with Gasteiger partial charge in [0, 0.05) is 31.4 Å². The molecule has 0 aliphatic heterocycles. The number of anilines is 1. The van der Waals surface area contributed by atoms with Crippen molar-refractivity contribution in [1.29, 1.82) is 0 Å². The summed E-state index contributed by atoms with van der Waals surface area (Å²) >= 11 is 0.918. The predicted molar refractivity (Wildman–Crippen MR) is 158 cm³/mol. The van der Waals surface area contributed by atoms with Crippen LogP contribution >= 0.6 is 11.3 Å². The highest BCUT2D eigenvalue weighted by Crippen LogP contribution is 2.42. The molecule has 1 N–H and O–H groups in total. The molecule has 0 fully saturated rings. The third-order valence-electron chi connectivity index (χ3n) is 6.97. The van der Waals surface area contributed by atoms with E-state index in [1.165, 1.54) is 41.6 Å². The molecule has 11 nitrogen and oxygen atoms in total. The molecule has 1 aliphatic rings. The van der Waals surface area contributed by atoms with Crippen LogP contribution in [0.4, 0.5) is 18.3 Å². The molecule has 0 saturated carbocycles. The Labute approximate surface area is 259 Å². The molecule has 15 heteroatoms. The molecule has 0 saturated heterocycles. The van der Waals surface area contributed by atoms with E-state index in [4.69, 9.17) is 32.9 Å². The highest BCUT2D eigenvalue weighted by molar-refractivity contribution is 7.22. The van der Waals surface area contributed by atoms with Gasteiger partial charge in [-0.1, -0.05) is 16.5 Å². The van der Waals surface area contributed by atoms with Gasteiger partial charge in [0.15, 0.2) is 22.4 Å². The molecule has 2 heterocycles. The number of amides is 1. The number of hydrogen-bond acceptors (Lipinski definition) is 11. The number of allylic oxidation sites excluding steroid dienone is 2. The minimum atomic E-state index is -4.49. The van der Waals surface area contributed by atoms with Crippen molar-refractivity contribution in [3.05, 3.63) is 65.9 Å². The summed E-state index contributed by atoms with van der Waals surface area (Å²) in [5.41, 5.74) is 1.24. The van der Waals surface area contributed by atoms with Gasteiger partial charge in [-0.2, -0.15) is 13.2 Å². The lowest BCUT2D eigenvalue weighted by Crippen LogP contribution is -2.47. The van der Waals surface area contributed by atoms with Crippen LogP contribution in [-0.2, 0) is 25.2 Å². The van der Waals surface area contributed by atoms with Crippen LogP contribution in [-0.4, -0.2) is 70.1 Å². The molecule has 238 valence electrons. The number of nitrogens with zero attached hydrogens (tertiary/aromatic N) is 2. The van der Waals surface area contributed by atoms with Gasteiger partial charge in [0.2, 0.25) is 11.5 Å². The molecule has 2 aromatic heterocycles. The number of hydrogen-bond donors (Lipinski definition) is 1. The summed E-state index contributed by atoms with van der Waals surface area (Å²) in [7, 11) is 7.39. The van der Waals surface area contributed by atoms with Gasteiger partial charge in [-0.05, 0) is 48.6 Å². The summed E-state index contributed by atoms with van der Waals surface area (Å²) in [5, 5.41) is 6.89. The standard InChI is InChI=1S/C30H28F3N3O8S/c1-38-22-10-17(11-23(39-2)27(22)40-3)20-14-21(44-36-20)16-8-9-29(41-4,42-5)25(12-16)43-15-26(37)35-28-34-19-7-6-18(30(31,32)33)13-24(19)45-28/h6-14,25H,15H2,1-5H3,(H,34,35,37). The van der Waals surface area contributed by atoms with Crippen LogP contribution in [0.25, 0.3) is 27.0 Å². The quantitative estimate of drug-likeness (QED) is 0.195. The van der Waals surface area contributed by atoms with Crippen molar-refractivity contribution >= 4 is 38.2 Å². The number of aromatic nitrogens is 2. The molecule has 1 atom stereocenters. The average Bonchev–Trinajstić information content (AvgIpc) is 3.69. The summed E-state index contributed by atoms with van der Waals surface area (Å²) in [5.74, 6) is -0.235. The Morgan fingerprint density at radius 2 is 1.73 bits per heavy atom. The van der Waals surface area contributed by atoms with Crippen LogP contribution in [0.1, 0.15) is 11.3 Å². The summed E-state index contributed by atoms with van der Waals surface area (Å²) in [6.07, 6.45) is -0.412. The lowest BCUT2D eigenvalue weighted by Gasteiger charge is -2.36. The first-order valence-electron chi connectivity index (χ1n) is 13.2. The molecular formula is C30H28F3N3O8S. The number of methoxy groups -OCH3 is 5. The van der Waals surface area contributed by atoms with Crippen molar-refractivity contribution in [2.75, 3.05) is 47.5 Å². The van der Waals surface area contributed by atoms with Crippen molar-refractivity contribution < 1.29 is 50.9 Å². The van der Waals surface area contributed by atoms with E-state index in [0.717, 1.165) is 23.5 Å². The monoisotopic (exact) mass is 647 g/mol. The smallest absolute Gasteiger partial charge is 0.416 e. The highest BCUT2D eigenvalue weighted by Gasteiger charge is 2.40. The van der Waals surface area contributed by atoms with Crippen LogP contribution in [0.15, 0.2) is 59.1 Å². The second kappa shape index (κ2) is 12.9. The van der Waals surface area contributed by atoms with Crippen molar-refractivity contribution in [3.8, 4) is 28.5 Å². The van der Waals surface area contributed by atoms with Crippen LogP contribution in [0.2, 0.25) is 0 Å². The van der Waals surface area contributed by atoms with Gasteiger partial charge in [-0.3, -0.25) is 10.1 Å². The van der Waals surface area contributed by atoms with Gasteiger partial charge >= 0.3 is 6.18 Å². The molecule has 5 rings (SSSR count). The Balaban J connectivity index is 1.33. The van der Waals surface area contributed by atoms with E-state index in [1.54, 1.807) is 36.4 Å². The minimum absolute atomic E-state index is 0.128. The Hall–Kier alpha value is -4.44. The first-order chi connectivity index (χ1) is 21.5. The van der Waals surface area contributed by atoms with E-state index in [9.17, 15) is 18.0 Å². The molecule has 2 aromatic carbocycles. The van der Waals surface area contributed by atoms with Gasteiger partial charge in [0.1, 0.15) is 18.4 Å². The second-order valence-corrected chi connectivity index (χ2v) is 10.6. The van der Waals surface area contributed by atoms with Crippen molar-refractivity contribution in [3.63, 3.8) is 0 Å². The van der Waals surface area contributed by atoms with Crippen LogP contribution in [0.5, 0.6) is 17.2 Å². The van der Waals surface area contributed by atoms with Crippen molar-refractivity contribution in [1.82, 2.24) is 10.1 Å². The molecule has 4 aromatic rings. The number of benzene rings is 2. The fourth-order valence-corrected chi connectivity index (χ4v) is 5.59. The van der Waals surface area contributed by atoms with E-state index in [0.29, 0.717) is 45.4 Å². The molecule has 1 unspecified atom stereocenters. The number of thiazole rings is 1. The van der Waals surface area contributed by atoms with Gasteiger partial charge in [0.05, 0.1) is 37.1 Å². The number of carbonyl (C=O) groups excluding carboxylic acids is 1. The zero-order valence-electron chi connectivity index (χ0n) is 24.7. The van der Waals surface area contributed by atoms with E-state index in [2.05, 4.69) is 15.5 Å². The number of fused-ring (bicyclic) bond motifs is 1. The van der Waals surface area contributed by atoms with Gasteiger partial charge in [0.25, 0.3) is 5.91 Å². The van der Waals surface area contributed by atoms with Crippen LogP contribution in [0, 0.1) is 0 Å². The topological polar surface area (TPSA) is 123 Å². The maximum Gasteiger partial charge on any atom is 0.416 e. The SMILES string of the molecule is COc1cc(-c2cc(C3=CC(OCC(=O)Nc4nc5ccc(C(F)(F)F)cc5s4)C(OC)(OC)C=C3)on2)cc(OC)c1OC. The summed E-state index contributed by atoms with van der Waals surface area (Å²) in [6, 6.07) is 8.37. The lowest BCUT2D eigenvalue weighted by molar-refractivity contribution is -0.225. The maximum atomic E-state index is 13.1. The molecular weight excluding hydrogens is 619 g/mol. The van der Waals surface area contributed by atoms with Crippen molar-refractivity contribution in [2.24, 2.45) is 0 Å². The minimum Gasteiger partial charge on any atom is -0.493 e. The maximum absolute atomic E-state index is 13.1. The number of halogens is 3. The first-order valence-corrected chi connectivity index (χ1v) is 14.0. The summed E-state index contributed by atoms with van der Waals surface area (Å²) in [6.45, 7) is -0.451. The van der Waals surface area contributed by atoms with Crippen LogP contribution < -0.4 is 19.5 Å². The molecule has 1 aliphatic carbocycles. The Kier molecular flexibility index (Phi) is 9.16. The molecule has 1 amide bonds. The van der Waals surface area contributed by atoms with Crippen LogP contribution in [0.3, 0.4) is 0 Å². The Bertz CT molecular complexity index is 1740. The van der Waals surface area contributed by atoms with Gasteiger partial charge < -0.3 is 32.9 Å². The number of alkyl halides is 3. The van der Waals surface area contributed by atoms with Crippen molar-refractivity contribution in [2.45, 2.75) is 18.1 Å². The number of nitrogens with one attached hydrogen (secondary N) is 1. The van der Waals surface area contributed by atoms with Gasteiger partial charge in [-0.25, -0.2) is 4.98 Å². The largest absolute Gasteiger partial charge is 0.493 e. The Morgan fingerprint density at radius 1 is 1.02 bits per heavy atom. The normalized spacial score (nSPS) is 16.0. The predicted octanol–water partition coefficient (Wildman–Crippen LogP) is 5.96. The third kappa shape index (κ3) is 6.51. The number of ether oxygens (including phenoxy) is 6. The van der Waals surface area contributed by atoms with E-state index in [1.807, 2.05) is 0 Å². The highest BCUT2D eigenvalue weighted by atomic mass is 32.1.